The highest BCUT2D eigenvalue weighted by molar-refractivity contribution is 5.52. The van der Waals surface area contributed by atoms with E-state index < -0.39 is 6.61 Å². The first-order chi connectivity index (χ1) is 12.6. The topological polar surface area (TPSA) is 44.3 Å². The summed E-state index contributed by atoms with van der Waals surface area (Å²) in [6, 6.07) is 10.8. The Morgan fingerprint density at radius 3 is 2.38 bits per heavy atom. The van der Waals surface area contributed by atoms with E-state index in [9.17, 15) is 8.78 Å². The maximum atomic E-state index is 12.8. The molecular formula is C20H24F2NO3+. The van der Waals surface area contributed by atoms with E-state index in [0.717, 1.165) is 35.4 Å². The number of quaternary nitrogens is 1. The van der Waals surface area contributed by atoms with Crippen LogP contribution in [0.2, 0.25) is 0 Å². The summed E-state index contributed by atoms with van der Waals surface area (Å²) in [6.45, 7) is 2.95. The second kappa shape index (κ2) is 8.36. The number of ether oxygens (including phenoxy) is 3. The molecule has 1 heterocycles. The third-order valence-electron chi connectivity index (χ3n) is 4.43. The van der Waals surface area contributed by atoms with Gasteiger partial charge in [0.2, 0.25) is 0 Å². The molecule has 0 saturated heterocycles. The van der Waals surface area contributed by atoms with Crippen LogP contribution in [0.15, 0.2) is 36.4 Å². The minimum absolute atomic E-state index is 0.122. The molecule has 0 aliphatic carbocycles. The highest BCUT2D eigenvalue weighted by atomic mass is 19.3. The second-order valence-corrected chi connectivity index (χ2v) is 6.03. The largest absolute Gasteiger partial charge is 0.490 e. The van der Waals surface area contributed by atoms with Crippen molar-refractivity contribution in [1.29, 1.82) is 0 Å². The Bertz CT molecular complexity index is 752. The van der Waals surface area contributed by atoms with Crippen molar-refractivity contribution in [1.82, 2.24) is 0 Å². The molecule has 0 radical (unpaired) electrons. The fourth-order valence-corrected chi connectivity index (χ4v) is 3.43. The van der Waals surface area contributed by atoms with Crippen molar-refractivity contribution in [2.45, 2.75) is 32.9 Å². The van der Waals surface area contributed by atoms with Crippen LogP contribution in [-0.2, 0) is 6.42 Å². The SMILES string of the molecule is CCOc1cc2c(cc1OCC)[C@@H](c1ccccc1OC(F)F)[NH2+]CC2. The lowest BCUT2D eigenvalue weighted by atomic mass is 9.89. The Hall–Kier alpha value is -2.34. The van der Waals surface area contributed by atoms with Crippen molar-refractivity contribution in [2.75, 3.05) is 19.8 Å². The maximum absolute atomic E-state index is 12.8. The van der Waals surface area contributed by atoms with Gasteiger partial charge >= 0.3 is 6.61 Å². The Kier molecular flexibility index (Phi) is 5.93. The lowest BCUT2D eigenvalue weighted by Gasteiger charge is -2.27. The Balaban J connectivity index is 2.05. The predicted octanol–water partition coefficient (Wildman–Crippen LogP) is 3.29. The number of para-hydroxylation sites is 1. The lowest BCUT2D eigenvalue weighted by molar-refractivity contribution is -0.690. The first-order valence-electron chi connectivity index (χ1n) is 8.93. The van der Waals surface area contributed by atoms with E-state index in [4.69, 9.17) is 14.2 Å². The van der Waals surface area contributed by atoms with Gasteiger partial charge in [0.05, 0.1) is 25.3 Å². The van der Waals surface area contributed by atoms with Crippen molar-refractivity contribution < 1.29 is 28.3 Å². The van der Waals surface area contributed by atoms with Crippen LogP contribution in [0.1, 0.15) is 36.6 Å². The van der Waals surface area contributed by atoms with Crippen LogP contribution in [0, 0.1) is 0 Å². The van der Waals surface area contributed by atoms with Crippen molar-refractivity contribution >= 4 is 0 Å². The van der Waals surface area contributed by atoms with E-state index in [1.165, 1.54) is 0 Å². The second-order valence-electron chi connectivity index (χ2n) is 6.03. The van der Waals surface area contributed by atoms with Crippen LogP contribution in [0.5, 0.6) is 17.2 Å². The molecule has 2 aromatic carbocycles. The van der Waals surface area contributed by atoms with E-state index in [1.807, 2.05) is 38.1 Å². The number of nitrogens with two attached hydrogens (primary N) is 1. The van der Waals surface area contributed by atoms with Gasteiger partial charge in [-0.05, 0) is 43.7 Å². The van der Waals surface area contributed by atoms with E-state index in [-0.39, 0.29) is 11.8 Å². The zero-order chi connectivity index (χ0) is 18.5. The van der Waals surface area contributed by atoms with Crippen molar-refractivity contribution in [3.05, 3.63) is 53.1 Å². The average molecular weight is 364 g/mol. The number of halogens is 2. The van der Waals surface area contributed by atoms with E-state index in [0.29, 0.717) is 19.0 Å². The zero-order valence-electron chi connectivity index (χ0n) is 15.0. The van der Waals surface area contributed by atoms with Gasteiger partial charge in [-0.2, -0.15) is 8.78 Å². The summed E-state index contributed by atoms with van der Waals surface area (Å²) >= 11 is 0. The smallest absolute Gasteiger partial charge is 0.387 e. The first kappa shape index (κ1) is 18.5. The third kappa shape index (κ3) is 3.90. The fourth-order valence-electron chi connectivity index (χ4n) is 3.43. The summed E-state index contributed by atoms with van der Waals surface area (Å²) in [4.78, 5) is 0. The summed E-state index contributed by atoms with van der Waals surface area (Å²) in [6.07, 6.45) is 0.885. The van der Waals surface area contributed by atoms with Gasteiger partial charge in [0, 0.05) is 12.0 Å². The Labute approximate surface area is 152 Å². The molecule has 0 aromatic heterocycles. The highest BCUT2D eigenvalue weighted by Crippen LogP contribution is 2.38. The average Bonchev–Trinajstić information content (AvgIpc) is 2.62. The molecule has 1 aliphatic heterocycles. The number of benzene rings is 2. The van der Waals surface area contributed by atoms with E-state index in [2.05, 4.69) is 5.32 Å². The molecule has 1 aliphatic rings. The third-order valence-corrected chi connectivity index (χ3v) is 4.43. The van der Waals surface area contributed by atoms with Gasteiger partial charge in [0.1, 0.15) is 11.8 Å². The molecule has 0 fully saturated rings. The molecule has 0 saturated carbocycles. The van der Waals surface area contributed by atoms with Gasteiger partial charge in [-0.25, -0.2) is 0 Å². The van der Waals surface area contributed by atoms with Crippen LogP contribution in [0.3, 0.4) is 0 Å². The minimum Gasteiger partial charge on any atom is -0.490 e. The Morgan fingerprint density at radius 2 is 1.69 bits per heavy atom. The molecule has 1 atom stereocenters. The summed E-state index contributed by atoms with van der Waals surface area (Å²) in [5.74, 6) is 1.62. The summed E-state index contributed by atoms with van der Waals surface area (Å²) in [5.41, 5.74) is 2.94. The zero-order valence-corrected chi connectivity index (χ0v) is 15.0. The lowest BCUT2D eigenvalue weighted by Crippen LogP contribution is -2.87. The highest BCUT2D eigenvalue weighted by Gasteiger charge is 2.30. The van der Waals surface area contributed by atoms with Crippen LogP contribution < -0.4 is 19.5 Å². The minimum atomic E-state index is -2.85. The van der Waals surface area contributed by atoms with Gasteiger partial charge in [0.25, 0.3) is 0 Å². The molecule has 6 heteroatoms. The van der Waals surface area contributed by atoms with Gasteiger partial charge in [-0.3, -0.25) is 0 Å². The summed E-state index contributed by atoms with van der Waals surface area (Å²) in [5, 5.41) is 2.14. The molecule has 0 unspecified atom stereocenters. The number of hydrogen-bond donors (Lipinski definition) is 1. The van der Waals surface area contributed by atoms with Crippen LogP contribution >= 0.6 is 0 Å². The molecule has 140 valence electrons. The van der Waals surface area contributed by atoms with Crippen molar-refractivity contribution in [2.24, 2.45) is 0 Å². The number of rotatable bonds is 7. The predicted molar refractivity (Wildman–Crippen MR) is 94.2 cm³/mol. The fraction of sp³-hybridized carbons (Fsp3) is 0.400. The van der Waals surface area contributed by atoms with Crippen LogP contribution in [0.25, 0.3) is 0 Å². The van der Waals surface area contributed by atoms with Crippen molar-refractivity contribution in [3.8, 4) is 17.2 Å². The number of fused-ring (bicyclic) bond motifs is 1. The van der Waals surface area contributed by atoms with Gasteiger partial charge in [-0.15, -0.1) is 0 Å². The standard InChI is InChI=1S/C20H23F2NO3/c1-3-24-17-11-13-9-10-23-19(15(13)12-18(17)25-4-2)14-7-5-6-8-16(14)26-20(21)22/h5-8,11-12,19-20,23H,3-4,9-10H2,1-2H3/p+1/t19-/m1/s1. The molecule has 0 bridgehead atoms. The monoisotopic (exact) mass is 364 g/mol. The van der Waals surface area contributed by atoms with Gasteiger partial charge < -0.3 is 19.5 Å². The van der Waals surface area contributed by atoms with Gasteiger partial charge in [0.15, 0.2) is 11.5 Å². The van der Waals surface area contributed by atoms with E-state index in [1.54, 1.807) is 12.1 Å². The van der Waals surface area contributed by atoms with Gasteiger partial charge in [-0.1, -0.05) is 12.1 Å². The molecule has 0 amide bonds. The molecule has 4 nitrogen and oxygen atoms in total. The Morgan fingerprint density at radius 1 is 1.00 bits per heavy atom. The number of hydrogen-bond acceptors (Lipinski definition) is 3. The molecule has 0 spiro atoms. The van der Waals surface area contributed by atoms with Crippen LogP contribution in [0.4, 0.5) is 8.78 Å². The molecule has 2 N–H and O–H groups in total. The molecule has 2 aromatic rings. The first-order valence-corrected chi connectivity index (χ1v) is 8.93. The van der Waals surface area contributed by atoms with Crippen molar-refractivity contribution in [3.63, 3.8) is 0 Å². The molecular weight excluding hydrogens is 340 g/mol. The summed E-state index contributed by atoms with van der Waals surface area (Å²) < 4.78 is 41.8. The number of alkyl halides is 2. The van der Waals surface area contributed by atoms with Crippen LogP contribution in [-0.4, -0.2) is 26.4 Å². The van der Waals surface area contributed by atoms with E-state index >= 15 is 0 Å². The molecule has 26 heavy (non-hydrogen) atoms. The normalized spacial score (nSPS) is 16.3. The quantitative estimate of drug-likeness (QED) is 0.820. The maximum Gasteiger partial charge on any atom is 0.387 e. The summed E-state index contributed by atoms with van der Waals surface area (Å²) in [7, 11) is 0. The molecule has 3 rings (SSSR count).